The van der Waals surface area contributed by atoms with E-state index in [-0.39, 0.29) is 0 Å². The summed E-state index contributed by atoms with van der Waals surface area (Å²) in [6, 6.07) is 1.91. The Labute approximate surface area is 147 Å². The molecule has 8 heteroatoms. The van der Waals surface area contributed by atoms with Gasteiger partial charge in [-0.05, 0) is 44.1 Å². The monoisotopic (exact) mass is 365 g/mol. The van der Waals surface area contributed by atoms with E-state index in [1.54, 1.807) is 17.7 Å². The third-order valence-corrected chi connectivity index (χ3v) is 6.87. The minimum Gasteiger partial charge on any atom is -0.221 e. The fourth-order valence-electron chi connectivity index (χ4n) is 3.11. The summed E-state index contributed by atoms with van der Waals surface area (Å²) in [5.41, 5.74) is 1.99. The molecule has 23 heavy (non-hydrogen) atoms. The summed E-state index contributed by atoms with van der Waals surface area (Å²) < 4.78 is 2.90. The quantitative estimate of drug-likeness (QED) is 0.690. The zero-order chi connectivity index (χ0) is 15.8. The van der Waals surface area contributed by atoms with Crippen LogP contribution in [-0.2, 0) is 0 Å². The van der Waals surface area contributed by atoms with Crippen LogP contribution in [0, 0.1) is 6.92 Å². The van der Waals surface area contributed by atoms with Gasteiger partial charge >= 0.3 is 0 Å². The molecule has 0 unspecified atom stereocenters. The highest BCUT2D eigenvalue weighted by molar-refractivity contribution is 8.01. The highest BCUT2D eigenvalue weighted by Gasteiger charge is 2.26. The van der Waals surface area contributed by atoms with Crippen LogP contribution in [0.5, 0.6) is 0 Å². The maximum absolute atomic E-state index is 6.46. The molecule has 3 aromatic heterocycles. The lowest BCUT2D eigenvalue weighted by atomic mass is 9.84. The highest BCUT2D eigenvalue weighted by atomic mass is 35.5. The van der Waals surface area contributed by atoms with Gasteiger partial charge in [0.15, 0.2) is 9.99 Å². The summed E-state index contributed by atoms with van der Waals surface area (Å²) in [6.45, 7) is 2.00. The first-order valence-corrected chi connectivity index (χ1v) is 9.72. The number of fused-ring (bicyclic) bond motifs is 1. The van der Waals surface area contributed by atoms with E-state index in [1.165, 1.54) is 18.4 Å². The van der Waals surface area contributed by atoms with Crippen molar-refractivity contribution in [1.82, 2.24) is 24.8 Å². The van der Waals surface area contributed by atoms with Crippen LogP contribution in [0.2, 0.25) is 5.02 Å². The van der Waals surface area contributed by atoms with Crippen LogP contribution in [0.4, 0.5) is 0 Å². The average molecular weight is 366 g/mol. The summed E-state index contributed by atoms with van der Waals surface area (Å²) >= 11 is 10.0. The Balaban J connectivity index is 1.44. The number of halogens is 1. The molecule has 0 bridgehead atoms. The molecule has 5 nitrogen and oxygen atoms in total. The first kappa shape index (κ1) is 15.4. The van der Waals surface area contributed by atoms with Crippen LogP contribution in [0.25, 0.3) is 5.65 Å². The molecular weight excluding hydrogens is 350 g/mol. The van der Waals surface area contributed by atoms with Crippen molar-refractivity contribution >= 4 is 40.3 Å². The number of hydrogen-bond donors (Lipinski definition) is 0. The van der Waals surface area contributed by atoms with Gasteiger partial charge in [0.05, 0.1) is 0 Å². The molecule has 0 atom stereocenters. The normalized spacial score (nSPS) is 21.8. The Morgan fingerprint density at radius 1 is 1.26 bits per heavy atom. The maximum Gasteiger partial charge on any atom is 0.174 e. The topological polar surface area (TPSA) is 56.0 Å². The second kappa shape index (κ2) is 6.37. The van der Waals surface area contributed by atoms with Crippen molar-refractivity contribution < 1.29 is 0 Å². The van der Waals surface area contributed by atoms with Gasteiger partial charge in [0.2, 0.25) is 0 Å². The SMILES string of the molecule is Cc1nnc(SC2CCC(c3cn4ncnc4cc3Cl)CC2)s1. The molecule has 3 heterocycles. The van der Waals surface area contributed by atoms with Crippen LogP contribution in [-0.4, -0.2) is 30.0 Å². The van der Waals surface area contributed by atoms with E-state index in [4.69, 9.17) is 11.6 Å². The summed E-state index contributed by atoms with van der Waals surface area (Å²) in [6.07, 6.45) is 8.26. The van der Waals surface area contributed by atoms with Crippen molar-refractivity contribution in [1.29, 1.82) is 0 Å². The number of hydrogen-bond acceptors (Lipinski definition) is 6. The number of aromatic nitrogens is 5. The molecule has 0 saturated heterocycles. The van der Waals surface area contributed by atoms with Gasteiger partial charge in [-0.3, -0.25) is 0 Å². The number of aryl methyl sites for hydroxylation is 1. The van der Waals surface area contributed by atoms with Crippen molar-refractivity contribution in [2.45, 2.75) is 48.1 Å². The molecule has 1 aliphatic carbocycles. The van der Waals surface area contributed by atoms with Crippen LogP contribution in [0.3, 0.4) is 0 Å². The Morgan fingerprint density at radius 2 is 2.09 bits per heavy atom. The second-order valence-electron chi connectivity index (χ2n) is 5.82. The lowest BCUT2D eigenvalue weighted by Crippen LogP contribution is -2.15. The van der Waals surface area contributed by atoms with Gasteiger partial charge in [0, 0.05) is 22.5 Å². The van der Waals surface area contributed by atoms with Gasteiger partial charge < -0.3 is 0 Å². The summed E-state index contributed by atoms with van der Waals surface area (Å²) in [5.74, 6) is 0.504. The van der Waals surface area contributed by atoms with Gasteiger partial charge in [-0.25, -0.2) is 9.50 Å². The smallest absolute Gasteiger partial charge is 0.174 e. The Morgan fingerprint density at radius 3 is 2.83 bits per heavy atom. The second-order valence-corrected chi connectivity index (χ2v) is 8.95. The predicted molar refractivity (Wildman–Crippen MR) is 93.5 cm³/mol. The van der Waals surface area contributed by atoms with Crippen molar-refractivity contribution in [2.75, 3.05) is 0 Å². The van der Waals surface area contributed by atoms with E-state index < -0.39 is 0 Å². The van der Waals surface area contributed by atoms with Crippen molar-refractivity contribution in [2.24, 2.45) is 0 Å². The Hall–Kier alpha value is -1.18. The average Bonchev–Trinajstić information content (AvgIpc) is 3.16. The predicted octanol–water partition coefficient (Wildman–Crippen LogP) is 4.36. The van der Waals surface area contributed by atoms with Crippen molar-refractivity contribution in [3.63, 3.8) is 0 Å². The largest absolute Gasteiger partial charge is 0.221 e. The van der Waals surface area contributed by atoms with E-state index in [9.17, 15) is 0 Å². The fourth-order valence-corrected chi connectivity index (χ4v) is 5.67. The molecule has 0 aliphatic heterocycles. The number of nitrogens with zero attached hydrogens (tertiary/aromatic N) is 5. The Bertz CT molecular complexity index is 822. The van der Waals surface area contributed by atoms with Crippen LogP contribution in [0.15, 0.2) is 22.9 Å². The summed E-state index contributed by atoms with van der Waals surface area (Å²) in [7, 11) is 0. The molecule has 0 amide bonds. The molecule has 0 aromatic carbocycles. The molecule has 0 radical (unpaired) electrons. The maximum atomic E-state index is 6.46. The molecule has 120 valence electrons. The third kappa shape index (κ3) is 3.22. The number of pyridine rings is 1. The minimum atomic E-state index is 0.504. The fraction of sp³-hybridized carbons (Fsp3) is 0.467. The minimum absolute atomic E-state index is 0.504. The van der Waals surface area contributed by atoms with Crippen molar-refractivity contribution in [3.8, 4) is 0 Å². The molecule has 1 fully saturated rings. The first-order chi connectivity index (χ1) is 11.2. The molecule has 1 saturated carbocycles. The molecular formula is C15H16ClN5S2. The van der Waals surface area contributed by atoms with E-state index in [0.29, 0.717) is 11.2 Å². The lowest BCUT2D eigenvalue weighted by Gasteiger charge is -2.28. The van der Waals surface area contributed by atoms with Crippen LogP contribution in [0.1, 0.15) is 42.2 Å². The third-order valence-electron chi connectivity index (χ3n) is 4.28. The molecule has 4 rings (SSSR count). The van der Waals surface area contributed by atoms with Crippen LogP contribution < -0.4 is 0 Å². The summed E-state index contributed by atoms with van der Waals surface area (Å²) in [4.78, 5) is 4.18. The van der Waals surface area contributed by atoms with Gasteiger partial charge in [-0.2, -0.15) is 5.10 Å². The van der Waals surface area contributed by atoms with Gasteiger partial charge in [0.25, 0.3) is 0 Å². The van der Waals surface area contributed by atoms with Crippen molar-refractivity contribution in [3.05, 3.63) is 34.2 Å². The molecule has 0 N–H and O–H groups in total. The molecule has 3 aromatic rings. The first-order valence-electron chi connectivity index (χ1n) is 7.64. The number of thioether (sulfide) groups is 1. The summed E-state index contributed by atoms with van der Waals surface area (Å²) in [5, 5.41) is 15.0. The van der Waals surface area contributed by atoms with E-state index in [0.717, 1.165) is 32.9 Å². The van der Waals surface area contributed by atoms with E-state index in [1.807, 2.05) is 35.5 Å². The number of rotatable bonds is 3. The Kier molecular flexibility index (Phi) is 4.26. The van der Waals surface area contributed by atoms with E-state index in [2.05, 4.69) is 20.3 Å². The zero-order valence-corrected chi connectivity index (χ0v) is 15.0. The van der Waals surface area contributed by atoms with Gasteiger partial charge in [-0.15, -0.1) is 10.2 Å². The van der Waals surface area contributed by atoms with E-state index >= 15 is 0 Å². The van der Waals surface area contributed by atoms with Crippen LogP contribution >= 0.6 is 34.7 Å². The standard InChI is InChI=1S/C15H16ClN5S2/c1-9-19-20-15(22-9)23-11-4-2-10(3-5-11)12-7-21-14(6-13(12)16)17-8-18-21/h6-8,10-11H,2-5H2,1H3. The molecule has 1 aliphatic rings. The lowest BCUT2D eigenvalue weighted by molar-refractivity contribution is 0.452. The van der Waals surface area contributed by atoms with Gasteiger partial charge in [0.1, 0.15) is 11.3 Å². The molecule has 0 spiro atoms. The zero-order valence-electron chi connectivity index (χ0n) is 12.6. The van der Waals surface area contributed by atoms with Gasteiger partial charge in [-0.1, -0.05) is 34.7 Å². The highest BCUT2D eigenvalue weighted by Crippen LogP contribution is 2.42.